The molecule has 3 heterocycles. The number of nitrogens with one attached hydrogen (secondary N) is 2. The van der Waals surface area contributed by atoms with Crippen molar-refractivity contribution in [1.29, 1.82) is 0 Å². The Balaban J connectivity index is 1.46. The fraction of sp³-hybridized carbons (Fsp3) is 0.185. The molecular formula is C27H25FN4O3S. The zero-order chi connectivity index (χ0) is 25.1. The van der Waals surface area contributed by atoms with Gasteiger partial charge in [-0.15, -0.1) is 11.3 Å². The van der Waals surface area contributed by atoms with Gasteiger partial charge in [-0.25, -0.2) is 14.4 Å². The standard InChI is InChI=1S/C27H25FN4O3S/c1-16-14-30-26(31-16)18-4-7-25(22(28)12-18)35-21-11-19(10-20(13-21)34-17(2)15-33-3)23-5-6-24(32-23)27-29-8-9-36-27/h4-14,17,32H,15H2,1-3H3,(H,30,31)/t17-/m0/s1. The molecule has 9 heteroatoms. The molecule has 0 spiro atoms. The van der Waals surface area contributed by atoms with E-state index in [1.54, 1.807) is 49.0 Å². The van der Waals surface area contributed by atoms with Gasteiger partial charge < -0.3 is 24.2 Å². The van der Waals surface area contributed by atoms with Gasteiger partial charge in [-0.1, -0.05) is 0 Å². The zero-order valence-corrected chi connectivity index (χ0v) is 20.9. The molecule has 2 N–H and O–H groups in total. The number of ether oxygens (including phenoxy) is 3. The van der Waals surface area contributed by atoms with E-state index in [1.807, 2.05) is 43.5 Å². The molecule has 36 heavy (non-hydrogen) atoms. The number of halogens is 1. The van der Waals surface area contributed by atoms with Gasteiger partial charge in [0.15, 0.2) is 11.6 Å². The minimum atomic E-state index is -0.492. The lowest BCUT2D eigenvalue weighted by Gasteiger charge is -2.16. The summed E-state index contributed by atoms with van der Waals surface area (Å²) >= 11 is 1.55. The van der Waals surface area contributed by atoms with E-state index in [2.05, 4.69) is 19.9 Å². The summed E-state index contributed by atoms with van der Waals surface area (Å²) in [4.78, 5) is 15.1. The zero-order valence-electron chi connectivity index (χ0n) is 20.0. The van der Waals surface area contributed by atoms with Gasteiger partial charge in [0.05, 0.1) is 12.3 Å². The van der Waals surface area contributed by atoms with Crippen LogP contribution >= 0.6 is 11.3 Å². The van der Waals surface area contributed by atoms with Gasteiger partial charge in [0, 0.05) is 53.5 Å². The van der Waals surface area contributed by atoms with Crippen molar-refractivity contribution in [2.24, 2.45) is 0 Å². The highest BCUT2D eigenvalue weighted by molar-refractivity contribution is 7.13. The van der Waals surface area contributed by atoms with Crippen LogP contribution in [0.5, 0.6) is 17.2 Å². The first-order valence-electron chi connectivity index (χ1n) is 11.4. The predicted octanol–water partition coefficient (Wildman–Crippen LogP) is 6.85. The average molecular weight is 505 g/mol. The maximum absolute atomic E-state index is 15.0. The normalized spacial score (nSPS) is 12.0. The Bertz CT molecular complexity index is 1460. The van der Waals surface area contributed by atoms with Crippen LogP contribution in [-0.4, -0.2) is 39.8 Å². The summed E-state index contributed by atoms with van der Waals surface area (Å²) in [5.41, 5.74) is 4.15. The Morgan fingerprint density at radius 3 is 2.53 bits per heavy atom. The highest BCUT2D eigenvalue weighted by Crippen LogP contribution is 2.35. The molecule has 3 aromatic heterocycles. The Morgan fingerprint density at radius 1 is 0.972 bits per heavy atom. The van der Waals surface area contributed by atoms with Gasteiger partial charge in [0.1, 0.15) is 28.4 Å². The minimum Gasteiger partial charge on any atom is -0.488 e. The summed E-state index contributed by atoms with van der Waals surface area (Å²) in [6, 6.07) is 14.2. The van der Waals surface area contributed by atoms with Gasteiger partial charge in [-0.3, -0.25) is 0 Å². The van der Waals surface area contributed by atoms with Crippen molar-refractivity contribution in [3.8, 4) is 50.6 Å². The molecule has 0 aliphatic heterocycles. The molecule has 0 saturated heterocycles. The average Bonchev–Trinajstić information content (AvgIpc) is 3.62. The van der Waals surface area contributed by atoms with Crippen LogP contribution in [0.15, 0.2) is 66.3 Å². The molecule has 0 amide bonds. The number of hydrogen-bond donors (Lipinski definition) is 2. The first-order valence-corrected chi connectivity index (χ1v) is 12.3. The van der Waals surface area contributed by atoms with Gasteiger partial charge in [0.2, 0.25) is 0 Å². The largest absolute Gasteiger partial charge is 0.488 e. The molecule has 2 aromatic carbocycles. The van der Waals surface area contributed by atoms with Crippen LogP contribution in [0.1, 0.15) is 12.6 Å². The van der Waals surface area contributed by atoms with E-state index < -0.39 is 5.82 Å². The maximum Gasteiger partial charge on any atom is 0.166 e. The number of benzene rings is 2. The van der Waals surface area contributed by atoms with Crippen molar-refractivity contribution in [2.75, 3.05) is 13.7 Å². The highest BCUT2D eigenvalue weighted by atomic mass is 32.1. The van der Waals surface area contributed by atoms with Gasteiger partial charge in [-0.2, -0.15) is 0 Å². The van der Waals surface area contributed by atoms with E-state index in [4.69, 9.17) is 14.2 Å². The van der Waals surface area contributed by atoms with Crippen LogP contribution in [0, 0.1) is 12.7 Å². The minimum absolute atomic E-state index is 0.102. The first kappa shape index (κ1) is 23.8. The lowest BCUT2D eigenvalue weighted by atomic mass is 10.1. The van der Waals surface area contributed by atoms with Crippen molar-refractivity contribution in [2.45, 2.75) is 20.0 Å². The smallest absolute Gasteiger partial charge is 0.166 e. The van der Waals surface area contributed by atoms with Crippen molar-refractivity contribution in [3.05, 3.63) is 77.8 Å². The number of hydrogen-bond acceptors (Lipinski definition) is 6. The Morgan fingerprint density at radius 2 is 1.81 bits per heavy atom. The topological polar surface area (TPSA) is 85.0 Å². The SMILES string of the molecule is COC[C@H](C)Oc1cc(Oc2ccc(-c3ncc(C)[nH]3)cc2F)cc(-c2ccc(-c3nccs3)[nH]2)c1. The molecule has 0 unspecified atom stereocenters. The monoisotopic (exact) mass is 504 g/mol. The fourth-order valence-corrected chi connectivity index (χ4v) is 4.44. The molecule has 5 aromatic rings. The highest BCUT2D eigenvalue weighted by Gasteiger charge is 2.14. The van der Waals surface area contributed by atoms with Crippen molar-refractivity contribution < 1.29 is 18.6 Å². The van der Waals surface area contributed by atoms with Crippen LogP contribution in [-0.2, 0) is 4.74 Å². The quantitative estimate of drug-likeness (QED) is 0.229. The molecule has 1 atom stereocenters. The Hall–Kier alpha value is -3.95. The van der Waals surface area contributed by atoms with E-state index in [9.17, 15) is 4.39 Å². The van der Waals surface area contributed by atoms with Gasteiger partial charge in [0.25, 0.3) is 0 Å². The second-order valence-electron chi connectivity index (χ2n) is 8.36. The molecule has 0 radical (unpaired) electrons. The molecule has 0 saturated carbocycles. The van der Waals surface area contributed by atoms with Gasteiger partial charge in [-0.05, 0) is 56.3 Å². The number of nitrogens with zero attached hydrogens (tertiary/aromatic N) is 2. The molecule has 184 valence electrons. The van der Waals surface area contributed by atoms with Gasteiger partial charge >= 0.3 is 0 Å². The summed E-state index contributed by atoms with van der Waals surface area (Å²) < 4.78 is 32.2. The fourth-order valence-electron chi connectivity index (χ4n) is 3.82. The van der Waals surface area contributed by atoms with E-state index in [1.165, 1.54) is 6.07 Å². The lowest BCUT2D eigenvalue weighted by Crippen LogP contribution is -2.17. The van der Waals surface area contributed by atoms with E-state index in [0.717, 1.165) is 27.7 Å². The van der Waals surface area contributed by atoms with E-state index in [0.29, 0.717) is 29.5 Å². The second-order valence-corrected chi connectivity index (χ2v) is 9.26. The second kappa shape index (κ2) is 10.3. The number of H-pyrrole nitrogens is 2. The van der Waals surface area contributed by atoms with Crippen molar-refractivity contribution >= 4 is 11.3 Å². The van der Waals surface area contributed by atoms with Crippen LogP contribution in [0.3, 0.4) is 0 Å². The molecule has 5 rings (SSSR count). The number of aromatic nitrogens is 4. The summed E-state index contributed by atoms with van der Waals surface area (Å²) in [7, 11) is 1.63. The Labute approximate surface area is 211 Å². The number of imidazole rings is 1. The summed E-state index contributed by atoms with van der Waals surface area (Å²) in [6.07, 6.45) is 3.29. The molecule has 0 aliphatic rings. The maximum atomic E-state index is 15.0. The third kappa shape index (κ3) is 5.32. The van der Waals surface area contributed by atoms with Crippen LogP contribution < -0.4 is 9.47 Å². The molecule has 0 aliphatic carbocycles. The Kier molecular flexibility index (Phi) is 6.84. The third-order valence-electron chi connectivity index (χ3n) is 5.41. The van der Waals surface area contributed by atoms with E-state index >= 15 is 0 Å². The number of aryl methyl sites for hydroxylation is 1. The van der Waals surface area contributed by atoms with E-state index in [-0.39, 0.29) is 11.9 Å². The number of thiazole rings is 1. The molecule has 0 bridgehead atoms. The summed E-state index contributed by atoms with van der Waals surface area (Å²) in [6.45, 7) is 4.24. The van der Waals surface area contributed by atoms with Crippen molar-refractivity contribution in [1.82, 2.24) is 19.9 Å². The summed E-state index contributed by atoms with van der Waals surface area (Å²) in [5.74, 6) is 1.24. The third-order valence-corrected chi connectivity index (χ3v) is 6.22. The van der Waals surface area contributed by atoms with Crippen LogP contribution in [0.4, 0.5) is 4.39 Å². The first-order chi connectivity index (χ1) is 17.5. The van der Waals surface area contributed by atoms with Crippen molar-refractivity contribution in [3.63, 3.8) is 0 Å². The van der Waals surface area contributed by atoms with Crippen LogP contribution in [0.25, 0.3) is 33.3 Å². The molecule has 0 fully saturated rings. The summed E-state index contributed by atoms with van der Waals surface area (Å²) in [5, 5.41) is 2.83. The number of aromatic amines is 2. The van der Waals surface area contributed by atoms with Crippen LogP contribution in [0.2, 0.25) is 0 Å². The molecule has 7 nitrogen and oxygen atoms in total. The predicted molar refractivity (Wildman–Crippen MR) is 138 cm³/mol. The number of methoxy groups -OCH3 is 1. The number of rotatable bonds is 9. The molecular weight excluding hydrogens is 479 g/mol. The lowest BCUT2D eigenvalue weighted by molar-refractivity contribution is 0.0920.